The van der Waals surface area contributed by atoms with Crippen molar-refractivity contribution in [3.63, 3.8) is 0 Å². The summed E-state index contributed by atoms with van der Waals surface area (Å²) in [7, 11) is 0. The number of hydrogen-bond donors (Lipinski definition) is 1. The zero-order valence-corrected chi connectivity index (χ0v) is 13.7. The zero-order chi connectivity index (χ0) is 14.7. The molecule has 3 nitrogen and oxygen atoms in total. The monoisotopic (exact) mass is 346 g/mol. The molecule has 1 aromatic heterocycles. The van der Waals surface area contributed by atoms with Crippen molar-refractivity contribution >= 4 is 15.9 Å². The number of halogens is 1. The van der Waals surface area contributed by atoms with Crippen molar-refractivity contribution in [2.45, 2.75) is 19.4 Å². The molecule has 21 heavy (non-hydrogen) atoms. The van der Waals surface area contributed by atoms with Crippen LogP contribution in [0.1, 0.15) is 28.5 Å². The average Bonchev–Trinajstić information content (AvgIpc) is 2.53. The molecular formula is C17H19BrN2O. The van der Waals surface area contributed by atoms with Gasteiger partial charge in [0.15, 0.2) is 0 Å². The Morgan fingerprint density at radius 3 is 2.81 bits per heavy atom. The Morgan fingerprint density at radius 2 is 2.14 bits per heavy atom. The van der Waals surface area contributed by atoms with E-state index in [9.17, 15) is 0 Å². The van der Waals surface area contributed by atoms with Crippen LogP contribution in [0.2, 0.25) is 0 Å². The Morgan fingerprint density at radius 1 is 1.33 bits per heavy atom. The molecule has 0 unspecified atom stereocenters. The van der Waals surface area contributed by atoms with E-state index in [2.05, 4.69) is 63.5 Å². The lowest BCUT2D eigenvalue weighted by molar-refractivity contribution is 0.0277. The van der Waals surface area contributed by atoms with Crippen LogP contribution in [-0.4, -0.2) is 24.7 Å². The summed E-state index contributed by atoms with van der Waals surface area (Å²) in [5, 5.41) is 3.36. The number of morpholine rings is 1. The summed E-state index contributed by atoms with van der Waals surface area (Å²) in [6, 6.07) is 10.8. The van der Waals surface area contributed by atoms with E-state index >= 15 is 0 Å². The van der Waals surface area contributed by atoms with Gasteiger partial charge in [-0.15, -0.1) is 0 Å². The van der Waals surface area contributed by atoms with Crippen molar-refractivity contribution < 1.29 is 4.74 Å². The molecule has 110 valence electrons. The van der Waals surface area contributed by atoms with Gasteiger partial charge in [-0.25, -0.2) is 0 Å². The van der Waals surface area contributed by atoms with Gasteiger partial charge in [-0.3, -0.25) is 4.98 Å². The molecule has 3 rings (SSSR count). The zero-order valence-electron chi connectivity index (χ0n) is 12.1. The highest BCUT2D eigenvalue weighted by Crippen LogP contribution is 2.21. The van der Waals surface area contributed by atoms with Crippen LogP contribution in [-0.2, 0) is 11.2 Å². The minimum atomic E-state index is 0.181. The van der Waals surface area contributed by atoms with Crippen LogP contribution >= 0.6 is 15.9 Å². The van der Waals surface area contributed by atoms with Gasteiger partial charge < -0.3 is 10.1 Å². The molecule has 1 aliphatic rings. The van der Waals surface area contributed by atoms with Gasteiger partial charge in [0.05, 0.1) is 12.7 Å². The number of nitrogens with one attached hydrogen (secondary N) is 1. The number of aryl methyl sites for hydroxylation is 1. The second-order valence-electron chi connectivity index (χ2n) is 5.41. The first-order chi connectivity index (χ1) is 10.2. The number of pyridine rings is 1. The van der Waals surface area contributed by atoms with Crippen LogP contribution < -0.4 is 5.32 Å². The van der Waals surface area contributed by atoms with Gasteiger partial charge in [0.2, 0.25) is 0 Å². The van der Waals surface area contributed by atoms with Crippen LogP contribution in [0.5, 0.6) is 0 Å². The van der Waals surface area contributed by atoms with E-state index in [4.69, 9.17) is 4.74 Å². The number of rotatable bonds is 3. The van der Waals surface area contributed by atoms with E-state index < -0.39 is 0 Å². The normalized spacial score (nSPS) is 18.7. The maximum atomic E-state index is 5.77. The van der Waals surface area contributed by atoms with Crippen molar-refractivity contribution in [1.82, 2.24) is 10.3 Å². The first kappa shape index (κ1) is 14.7. The van der Waals surface area contributed by atoms with Gasteiger partial charge in [-0.2, -0.15) is 0 Å². The highest BCUT2D eigenvalue weighted by Gasteiger charge is 2.15. The topological polar surface area (TPSA) is 34.1 Å². The third-order valence-electron chi connectivity index (χ3n) is 3.77. The Hall–Kier alpha value is -1.23. The first-order valence-corrected chi connectivity index (χ1v) is 8.04. The summed E-state index contributed by atoms with van der Waals surface area (Å²) in [6.45, 7) is 4.72. The fourth-order valence-electron chi connectivity index (χ4n) is 2.53. The second-order valence-corrected chi connectivity index (χ2v) is 6.26. The van der Waals surface area contributed by atoms with E-state index in [1.165, 1.54) is 16.7 Å². The molecule has 1 aliphatic heterocycles. The van der Waals surface area contributed by atoms with Gasteiger partial charge >= 0.3 is 0 Å². The molecule has 1 saturated heterocycles. The smallest absolute Gasteiger partial charge is 0.0949 e. The number of benzene rings is 1. The van der Waals surface area contributed by atoms with E-state index in [1.54, 1.807) is 0 Å². The van der Waals surface area contributed by atoms with Crippen LogP contribution in [0, 0.1) is 6.92 Å². The van der Waals surface area contributed by atoms with Gasteiger partial charge in [0.25, 0.3) is 0 Å². The molecule has 1 fully saturated rings. The standard InChI is InChI=1S/C17H19BrN2O/c1-12-8-15(20-10-16(12)18)9-13-2-4-14(5-3-13)17-11-19-6-7-21-17/h2-5,8,10,17,19H,6-7,9,11H2,1H3/t17-/m1/s1. The number of nitrogens with zero attached hydrogens (tertiary/aromatic N) is 1. The molecule has 2 aromatic rings. The van der Waals surface area contributed by atoms with E-state index in [0.29, 0.717) is 0 Å². The number of hydrogen-bond acceptors (Lipinski definition) is 3. The Labute approximate surface area is 133 Å². The van der Waals surface area contributed by atoms with Crippen molar-refractivity contribution in [3.05, 3.63) is 63.4 Å². The van der Waals surface area contributed by atoms with Gasteiger partial charge in [0, 0.05) is 35.9 Å². The Bertz CT molecular complexity index is 607. The lowest BCUT2D eigenvalue weighted by atomic mass is 10.0. The SMILES string of the molecule is Cc1cc(Cc2ccc([C@H]3CNCCO3)cc2)ncc1Br. The minimum absolute atomic E-state index is 0.181. The maximum Gasteiger partial charge on any atom is 0.0949 e. The Balaban J connectivity index is 1.70. The average molecular weight is 347 g/mol. The molecule has 0 amide bonds. The molecule has 2 heterocycles. The van der Waals surface area contributed by atoms with E-state index in [0.717, 1.165) is 36.3 Å². The summed E-state index contributed by atoms with van der Waals surface area (Å²) >= 11 is 3.49. The van der Waals surface area contributed by atoms with Gasteiger partial charge in [-0.1, -0.05) is 24.3 Å². The summed E-state index contributed by atoms with van der Waals surface area (Å²) in [5.41, 5.74) is 4.83. The predicted octanol–water partition coefficient (Wildman–Crippen LogP) is 3.40. The predicted molar refractivity (Wildman–Crippen MR) is 87.5 cm³/mol. The maximum absolute atomic E-state index is 5.77. The fourth-order valence-corrected chi connectivity index (χ4v) is 2.75. The van der Waals surface area contributed by atoms with Gasteiger partial charge in [0.1, 0.15) is 0 Å². The van der Waals surface area contributed by atoms with Crippen LogP contribution in [0.3, 0.4) is 0 Å². The summed E-state index contributed by atoms with van der Waals surface area (Å²) in [4.78, 5) is 4.47. The van der Waals surface area contributed by atoms with Crippen molar-refractivity contribution in [2.75, 3.05) is 19.7 Å². The number of ether oxygens (including phenoxy) is 1. The third kappa shape index (κ3) is 3.70. The van der Waals surface area contributed by atoms with Crippen molar-refractivity contribution in [1.29, 1.82) is 0 Å². The molecule has 0 saturated carbocycles. The highest BCUT2D eigenvalue weighted by molar-refractivity contribution is 9.10. The summed E-state index contributed by atoms with van der Waals surface area (Å²) in [5.74, 6) is 0. The molecule has 0 spiro atoms. The molecule has 4 heteroatoms. The van der Waals surface area contributed by atoms with Gasteiger partial charge in [-0.05, 0) is 45.6 Å². The van der Waals surface area contributed by atoms with E-state index in [-0.39, 0.29) is 6.10 Å². The largest absolute Gasteiger partial charge is 0.371 e. The summed E-state index contributed by atoms with van der Waals surface area (Å²) < 4.78 is 6.83. The minimum Gasteiger partial charge on any atom is -0.371 e. The lowest BCUT2D eigenvalue weighted by Crippen LogP contribution is -2.33. The van der Waals surface area contributed by atoms with Crippen molar-refractivity contribution in [3.8, 4) is 0 Å². The molecule has 1 aromatic carbocycles. The van der Waals surface area contributed by atoms with Crippen LogP contribution in [0.15, 0.2) is 41.0 Å². The Kier molecular flexibility index (Phi) is 4.68. The quantitative estimate of drug-likeness (QED) is 0.924. The van der Waals surface area contributed by atoms with Crippen molar-refractivity contribution in [2.24, 2.45) is 0 Å². The lowest BCUT2D eigenvalue weighted by Gasteiger charge is -2.24. The fraction of sp³-hybridized carbons (Fsp3) is 0.353. The molecular weight excluding hydrogens is 328 g/mol. The molecule has 1 N–H and O–H groups in total. The van der Waals surface area contributed by atoms with Crippen LogP contribution in [0.4, 0.5) is 0 Å². The summed E-state index contributed by atoms with van der Waals surface area (Å²) in [6.07, 6.45) is 2.92. The first-order valence-electron chi connectivity index (χ1n) is 7.24. The molecule has 0 bridgehead atoms. The van der Waals surface area contributed by atoms with E-state index in [1.807, 2.05) is 6.20 Å². The highest BCUT2D eigenvalue weighted by atomic mass is 79.9. The molecule has 0 aliphatic carbocycles. The third-order valence-corrected chi connectivity index (χ3v) is 4.60. The number of aromatic nitrogens is 1. The van der Waals surface area contributed by atoms with Crippen LogP contribution in [0.25, 0.3) is 0 Å². The molecule has 0 radical (unpaired) electrons. The molecule has 1 atom stereocenters. The second kappa shape index (κ2) is 6.69.